The molecular formula is C22H19N3O. The number of hydrogen-bond donors (Lipinski definition) is 0. The summed E-state index contributed by atoms with van der Waals surface area (Å²) in [6.45, 7) is 0.506. The predicted octanol–water partition coefficient (Wildman–Crippen LogP) is 4.49. The third-order valence-electron chi connectivity index (χ3n) is 4.96. The number of aromatic nitrogens is 3. The SMILES string of the molecule is c1ccc(COc2ccc3ncn(-c4ccc5c(c4)CCC5)c3n2)cc1. The first-order valence-corrected chi connectivity index (χ1v) is 9.00. The van der Waals surface area contributed by atoms with Crippen LogP contribution in [0.15, 0.2) is 67.0 Å². The van der Waals surface area contributed by atoms with Gasteiger partial charge < -0.3 is 4.74 Å². The molecule has 0 saturated heterocycles. The lowest BCUT2D eigenvalue weighted by Crippen LogP contribution is -1.99. The maximum absolute atomic E-state index is 5.88. The van der Waals surface area contributed by atoms with Crippen molar-refractivity contribution in [3.63, 3.8) is 0 Å². The van der Waals surface area contributed by atoms with E-state index in [-0.39, 0.29) is 0 Å². The molecule has 0 saturated carbocycles. The van der Waals surface area contributed by atoms with Gasteiger partial charge in [0.05, 0.1) is 0 Å². The molecule has 1 aliphatic rings. The molecule has 0 spiro atoms. The fourth-order valence-electron chi connectivity index (χ4n) is 3.59. The van der Waals surface area contributed by atoms with E-state index in [0.717, 1.165) is 28.8 Å². The Hall–Kier alpha value is -3.14. The van der Waals surface area contributed by atoms with Crippen molar-refractivity contribution in [2.24, 2.45) is 0 Å². The van der Waals surface area contributed by atoms with Crippen LogP contribution in [0.2, 0.25) is 0 Å². The molecular weight excluding hydrogens is 322 g/mol. The molecule has 0 unspecified atom stereocenters. The van der Waals surface area contributed by atoms with Gasteiger partial charge in [0.1, 0.15) is 18.5 Å². The van der Waals surface area contributed by atoms with Crippen molar-refractivity contribution in [3.8, 4) is 11.6 Å². The van der Waals surface area contributed by atoms with Crippen LogP contribution in [0.4, 0.5) is 0 Å². The second-order valence-corrected chi connectivity index (χ2v) is 6.69. The van der Waals surface area contributed by atoms with E-state index in [9.17, 15) is 0 Å². The Morgan fingerprint density at radius 3 is 2.73 bits per heavy atom. The zero-order valence-electron chi connectivity index (χ0n) is 14.4. The van der Waals surface area contributed by atoms with Gasteiger partial charge in [0, 0.05) is 11.8 Å². The predicted molar refractivity (Wildman–Crippen MR) is 102 cm³/mol. The van der Waals surface area contributed by atoms with Crippen molar-refractivity contribution in [2.75, 3.05) is 0 Å². The van der Waals surface area contributed by atoms with E-state index < -0.39 is 0 Å². The molecule has 4 aromatic rings. The van der Waals surface area contributed by atoms with Crippen LogP contribution >= 0.6 is 0 Å². The van der Waals surface area contributed by atoms with E-state index in [1.54, 1.807) is 0 Å². The monoisotopic (exact) mass is 341 g/mol. The minimum absolute atomic E-state index is 0.506. The quantitative estimate of drug-likeness (QED) is 0.549. The third-order valence-corrected chi connectivity index (χ3v) is 4.96. The third kappa shape index (κ3) is 2.73. The van der Waals surface area contributed by atoms with Crippen LogP contribution in [0, 0.1) is 0 Å². The van der Waals surface area contributed by atoms with E-state index in [4.69, 9.17) is 9.72 Å². The van der Waals surface area contributed by atoms with Crippen LogP contribution in [-0.2, 0) is 19.4 Å². The molecule has 1 aliphatic carbocycles. The van der Waals surface area contributed by atoms with Gasteiger partial charge in [-0.3, -0.25) is 4.57 Å². The second kappa shape index (κ2) is 6.30. The highest BCUT2D eigenvalue weighted by Crippen LogP contribution is 2.26. The Morgan fingerprint density at radius 2 is 1.81 bits per heavy atom. The first kappa shape index (κ1) is 15.1. The summed E-state index contributed by atoms with van der Waals surface area (Å²) >= 11 is 0. The fraction of sp³-hybridized carbons (Fsp3) is 0.182. The van der Waals surface area contributed by atoms with Crippen molar-refractivity contribution < 1.29 is 4.74 Å². The number of ether oxygens (including phenoxy) is 1. The lowest BCUT2D eigenvalue weighted by Gasteiger charge is -2.08. The van der Waals surface area contributed by atoms with Crippen molar-refractivity contribution in [2.45, 2.75) is 25.9 Å². The summed E-state index contributed by atoms with van der Waals surface area (Å²) in [7, 11) is 0. The number of benzene rings is 2. The second-order valence-electron chi connectivity index (χ2n) is 6.69. The molecule has 2 aromatic carbocycles. The van der Waals surface area contributed by atoms with Crippen molar-refractivity contribution in [3.05, 3.63) is 83.7 Å². The van der Waals surface area contributed by atoms with Gasteiger partial charge in [0.15, 0.2) is 5.65 Å². The van der Waals surface area contributed by atoms with E-state index in [1.807, 2.05) is 53.4 Å². The van der Waals surface area contributed by atoms with E-state index >= 15 is 0 Å². The van der Waals surface area contributed by atoms with Gasteiger partial charge in [0.2, 0.25) is 5.88 Å². The van der Waals surface area contributed by atoms with Gasteiger partial charge in [-0.2, -0.15) is 4.98 Å². The number of imidazole rings is 1. The van der Waals surface area contributed by atoms with Crippen LogP contribution < -0.4 is 4.74 Å². The normalized spacial score (nSPS) is 13.1. The molecule has 128 valence electrons. The Morgan fingerprint density at radius 1 is 0.923 bits per heavy atom. The maximum atomic E-state index is 5.88. The summed E-state index contributed by atoms with van der Waals surface area (Å²) < 4.78 is 7.93. The molecule has 26 heavy (non-hydrogen) atoms. The van der Waals surface area contributed by atoms with E-state index in [2.05, 4.69) is 23.2 Å². The molecule has 0 N–H and O–H groups in total. The summed E-state index contributed by atoms with van der Waals surface area (Å²) in [4.78, 5) is 9.19. The molecule has 0 amide bonds. The van der Waals surface area contributed by atoms with Crippen molar-refractivity contribution in [1.29, 1.82) is 0 Å². The zero-order valence-corrected chi connectivity index (χ0v) is 14.4. The van der Waals surface area contributed by atoms with Gasteiger partial charge in [-0.1, -0.05) is 36.4 Å². The summed E-state index contributed by atoms with van der Waals surface area (Å²) in [6.07, 6.45) is 5.44. The van der Waals surface area contributed by atoms with Crippen molar-refractivity contribution in [1.82, 2.24) is 14.5 Å². The summed E-state index contributed by atoms with van der Waals surface area (Å²) in [6, 6.07) is 20.6. The average molecular weight is 341 g/mol. The Kier molecular flexibility index (Phi) is 3.67. The van der Waals surface area contributed by atoms with Gasteiger partial charge >= 0.3 is 0 Å². The zero-order chi connectivity index (χ0) is 17.3. The fourth-order valence-corrected chi connectivity index (χ4v) is 3.59. The maximum Gasteiger partial charge on any atom is 0.215 e. The minimum atomic E-state index is 0.506. The van der Waals surface area contributed by atoms with Crippen LogP contribution in [-0.4, -0.2) is 14.5 Å². The Balaban J connectivity index is 1.47. The molecule has 2 aromatic heterocycles. The van der Waals surface area contributed by atoms with Gasteiger partial charge in [-0.05, 0) is 54.2 Å². The van der Waals surface area contributed by atoms with E-state index in [1.165, 1.54) is 24.0 Å². The molecule has 0 bridgehead atoms. The molecule has 5 rings (SSSR count). The number of aryl methyl sites for hydroxylation is 2. The highest BCUT2D eigenvalue weighted by atomic mass is 16.5. The molecule has 0 atom stereocenters. The Labute approximate surface area is 152 Å². The molecule has 0 fully saturated rings. The minimum Gasteiger partial charge on any atom is -0.473 e. The number of nitrogens with zero attached hydrogens (tertiary/aromatic N) is 3. The number of pyridine rings is 1. The van der Waals surface area contributed by atoms with Crippen LogP contribution in [0.1, 0.15) is 23.1 Å². The smallest absolute Gasteiger partial charge is 0.215 e. The first-order valence-electron chi connectivity index (χ1n) is 9.00. The topological polar surface area (TPSA) is 39.9 Å². The number of rotatable bonds is 4. The highest BCUT2D eigenvalue weighted by molar-refractivity contribution is 5.73. The van der Waals surface area contributed by atoms with E-state index in [0.29, 0.717) is 12.5 Å². The van der Waals surface area contributed by atoms with Crippen LogP contribution in [0.5, 0.6) is 5.88 Å². The first-order chi connectivity index (χ1) is 12.9. The lowest BCUT2D eigenvalue weighted by molar-refractivity contribution is 0.295. The molecule has 4 nitrogen and oxygen atoms in total. The standard InChI is InChI=1S/C22H19N3O/c1-2-5-16(6-3-1)14-26-21-12-11-20-22(24-21)25(15-23-20)19-10-9-17-7-4-8-18(17)13-19/h1-3,5-6,9-13,15H,4,7-8,14H2. The summed E-state index contributed by atoms with van der Waals surface area (Å²) in [5, 5.41) is 0. The molecule has 0 radical (unpaired) electrons. The van der Waals surface area contributed by atoms with Gasteiger partial charge in [-0.15, -0.1) is 0 Å². The highest BCUT2D eigenvalue weighted by Gasteiger charge is 2.13. The molecule has 2 heterocycles. The number of hydrogen-bond acceptors (Lipinski definition) is 3. The lowest BCUT2D eigenvalue weighted by atomic mass is 10.1. The number of fused-ring (bicyclic) bond motifs is 2. The van der Waals surface area contributed by atoms with Crippen LogP contribution in [0.3, 0.4) is 0 Å². The van der Waals surface area contributed by atoms with Crippen LogP contribution in [0.25, 0.3) is 16.9 Å². The average Bonchev–Trinajstić information content (AvgIpc) is 3.33. The summed E-state index contributed by atoms with van der Waals surface area (Å²) in [5.41, 5.74) is 6.85. The molecule has 0 aliphatic heterocycles. The van der Waals surface area contributed by atoms with Gasteiger partial charge in [0.25, 0.3) is 0 Å². The van der Waals surface area contributed by atoms with Gasteiger partial charge in [-0.25, -0.2) is 4.98 Å². The molecule has 4 heteroatoms. The largest absolute Gasteiger partial charge is 0.473 e. The Bertz CT molecular complexity index is 1070. The van der Waals surface area contributed by atoms with Crippen molar-refractivity contribution >= 4 is 11.2 Å². The summed E-state index contributed by atoms with van der Waals surface area (Å²) in [5.74, 6) is 0.615.